The quantitative estimate of drug-likeness (QED) is 0.831. The van der Waals surface area contributed by atoms with Crippen molar-refractivity contribution in [2.45, 2.75) is 13.3 Å². The van der Waals surface area contributed by atoms with E-state index in [4.69, 9.17) is 10.5 Å². The van der Waals surface area contributed by atoms with Crippen LogP contribution in [0.5, 0.6) is 5.88 Å². The summed E-state index contributed by atoms with van der Waals surface area (Å²) >= 11 is 0. The Bertz CT molecular complexity index is 435. The molecular weight excluding hydrogens is 244 g/mol. The summed E-state index contributed by atoms with van der Waals surface area (Å²) in [4.78, 5) is 19.6. The topological polar surface area (TPSA) is 71.7 Å². The van der Waals surface area contributed by atoms with Gasteiger partial charge in [0.05, 0.1) is 19.3 Å². The lowest BCUT2D eigenvalue weighted by Crippen LogP contribution is -2.37. The zero-order valence-corrected chi connectivity index (χ0v) is 12.0. The van der Waals surface area contributed by atoms with E-state index in [1.54, 1.807) is 31.1 Å². The minimum absolute atomic E-state index is 0.0334. The second-order valence-electron chi connectivity index (χ2n) is 4.48. The summed E-state index contributed by atoms with van der Waals surface area (Å²) < 4.78 is 5.11. The molecule has 0 bridgehead atoms. The Hall–Kier alpha value is -1.98. The number of hydrogen-bond acceptors (Lipinski definition) is 5. The summed E-state index contributed by atoms with van der Waals surface area (Å²) in [5.41, 5.74) is 6.23. The first-order chi connectivity index (χ1) is 8.99. The van der Waals surface area contributed by atoms with Crippen LogP contribution in [0, 0.1) is 0 Å². The van der Waals surface area contributed by atoms with Crippen LogP contribution in [0.1, 0.15) is 13.3 Å². The van der Waals surface area contributed by atoms with Crippen LogP contribution in [0.4, 0.5) is 11.5 Å². The standard InChI is InChI=1S/C13H22N4O2/c1-5-8-17(9-12(18)16(2)3)11-7-6-10(14)13(15-11)19-4/h6-7H,5,8-9,14H2,1-4H3. The summed E-state index contributed by atoms with van der Waals surface area (Å²) in [5.74, 6) is 1.12. The van der Waals surface area contributed by atoms with Gasteiger partial charge in [0, 0.05) is 20.6 Å². The molecule has 6 nitrogen and oxygen atoms in total. The third kappa shape index (κ3) is 4.01. The zero-order valence-electron chi connectivity index (χ0n) is 12.0. The van der Waals surface area contributed by atoms with Gasteiger partial charge in [-0.25, -0.2) is 0 Å². The molecule has 0 atom stereocenters. The van der Waals surface area contributed by atoms with Crippen molar-refractivity contribution in [3.63, 3.8) is 0 Å². The van der Waals surface area contributed by atoms with Crippen molar-refractivity contribution >= 4 is 17.4 Å². The highest BCUT2D eigenvalue weighted by molar-refractivity contribution is 5.80. The fraction of sp³-hybridized carbons (Fsp3) is 0.538. The number of nitrogens with zero attached hydrogens (tertiary/aromatic N) is 3. The highest BCUT2D eigenvalue weighted by Gasteiger charge is 2.15. The molecule has 0 saturated heterocycles. The number of aromatic nitrogens is 1. The van der Waals surface area contributed by atoms with Gasteiger partial charge in [-0.1, -0.05) is 6.92 Å². The molecule has 6 heteroatoms. The fourth-order valence-electron chi connectivity index (χ4n) is 1.63. The molecule has 1 amide bonds. The number of rotatable bonds is 6. The lowest BCUT2D eigenvalue weighted by atomic mass is 10.3. The van der Waals surface area contributed by atoms with Crippen molar-refractivity contribution in [1.29, 1.82) is 0 Å². The van der Waals surface area contributed by atoms with Gasteiger partial charge < -0.3 is 20.3 Å². The van der Waals surface area contributed by atoms with Gasteiger partial charge in [-0.3, -0.25) is 4.79 Å². The van der Waals surface area contributed by atoms with Crippen molar-refractivity contribution in [3.8, 4) is 5.88 Å². The predicted molar refractivity (Wildman–Crippen MR) is 76.4 cm³/mol. The summed E-state index contributed by atoms with van der Waals surface area (Å²) in [6.45, 7) is 3.10. The van der Waals surface area contributed by atoms with Gasteiger partial charge in [-0.15, -0.1) is 0 Å². The summed E-state index contributed by atoms with van der Waals surface area (Å²) in [6.07, 6.45) is 0.926. The van der Waals surface area contributed by atoms with E-state index in [0.29, 0.717) is 23.9 Å². The smallest absolute Gasteiger partial charge is 0.241 e. The molecule has 0 radical (unpaired) electrons. The van der Waals surface area contributed by atoms with Crippen molar-refractivity contribution in [2.75, 3.05) is 44.9 Å². The van der Waals surface area contributed by atoms with Crippen LogP contribution in [0.25, 0.3) is 0 Å². The number of carbonyl (C=O) groups is 1. The number of carbonyl (C=O) groups excluding carboxylic acids is 1. The molecule has 1 rings (SSSR count). The average molecular weight is 266 g/mol. The van der Waals surface area contributed by atoms with E-state index in [1.807, 2.05) is 4.90 Å². The first-order valence-electron chi connectivity index (χ1n) is 6.25. The number of likely N-dealkylation sites (N-methyl/N-ethyl adjacent to an activating group) is 1. The summed E-state index contributed by atoms with van der Waals surface area (Å²) in [5, 5.41) is 0. The van der Waals surface area contributed by atoms with Crippen molar-refractivity contribution < 1.29 is 9.53 Å². The van der Waals surface area contributed by atoms with Crippen LogP contribution in [0.2, 0.25) is 0 Å². The molecule has 1 aromatic heterocycles. The van der Waals surface area contributed by atoms with Gasteiger partial charge in [-0.05, 0) is 18.6 Å². The molecule has 106 valence electrons. The first-order valence-corrected chi connectivity index (χ1v) is 6.25. The Morgan fingerprint density at radius 1 is 1.42 bits per heavy atom. The Balaban J connectivity index is 2.95. The van der Waals surface area contributed by atoms with E-state index < -0.39 is 0 Å². The number of nitrogens with two attached hydrogens (primary N) is 1. The number of ether oxygens (including phenoxy) is 1. The molecule has 0 aliphatic carbocycles. The Morgan fingerprint density at radius 3 is 2.63 bits per heavy atom. The van der Waals surface area contributed by atoms with E-state index in [1.165, 1.54) is 7.11 Å². The van der Waals surface area contributed by atoms with Crippen LogP contribution in [-0.2, 0) is 4.79 Å². The molecule has 0 saturated carbocycles. The summed E-state index contributed by atoms with van der Waals surface area (Å²) in [7, 11) is 5.00. The van der Waals surface area contributed by atoms with Gasteiger partial charge >= 0.3 is 0 Å². The number of hydrogen-bond donors (Lipinski definition) is 1. The van der Waals surface area contributed by atoms with Crippen LogP contribution in [0.3, 0.4) is 0 Å². The normalized spacial score (nSPS) is 10.1. The number of nitrogen functional groups attached to an aromatic ring is 1. The molecule has 0 aliphatic heterocycles. The monoisotopic (exact) mass is 266 g/mol. The minimum Gasteiger partial charge on any atom is -0.479 e. The average Bonchev–Trinajstić information content (AvgIpc) is 2.38. The lowest BCUT2D eigenvalue weighted by Gasteiger charge is -2.24. The Kier molecular flexibility index (Phi) is 5.41. The van der Waals surface area contributed by atoms with Crippen molar-refractivity contribution in [1.82, 2.24) is 9.88 Å². The molecule has 0 aromatic carbocycles. The molecule has 0 fully saturated rings. The highest BCUT2D eigenvalue weighted by Crippen LogP contribution is 2.22. The van der Waals surface area contributed by atoms with Crippen molar-refractivity contribution in [3.05, 3.63) is 12.1 Å². The zero-order chi connectivity index (χ0) is 14.4. The molecule has 1 heterocycles. The molecule has 19 heavy (non-hydrogen) atoms. The Morgan fingerprint density at radius 2 is 2.11 bits per heavy atom. The molecule has 2 N–H and O–H groups in total. The Labute approximate surface area is 114 Å². The van der Waals surface area contributed by atoms with E-state index in [9.17, 15) is 4.79 Å². The maximum Gasteiger partial charge on any atom is 0.241 e. The van der Waals surface area contributed by atoms with Crippen LogP contribution < -0.4 is 15.4 Å². The number of pyridine rings is 1. The number of methoxy groups -OCH3 is 1. The fourth-order valence-corrected chi connectivity index (χ4v) is 1.63. The van der Waals surface area contributed by atoms with E-state index in [-0.39, 0.29) is 5.91 Å². The third-order valence-corrected chi connectivity index (χ3v) is 2.71. The van der Waals surface area contributed by atoms with E-state index in [2.05, 4.69) is 11.9 Å². The second kappa shape index (κ2) is 6.82. The third-order valence-electron chi connectivity index (χ3n) is 2.71. The van der Waals surface area contributed by atoms with Gasteiger partial charge in [0.25, 0.3) is 0 Å². The van der Waals surface area contributed by atoms with Crippen molar-refractivity contribution in [2.24, 2.45) is 0 Å². The predicted octanol–water partition coefficient (Wildman–Crippen LogP) is 0.977. The van der Waals surface area contributed by atoms with Gasteiger partial charge in [-0.2, -0.15) is 4.98 Å². The molecule has 0 unspecified atom stereocenters. The van der Waals surface area contributed by atoms with Crippen LogP contribution in [-0.4, -0.2) is 50.1 Å². The first kappa shape index (κ1) is 15.1. The van der Waals surface area contributed by atoms with Gasteiger partial charge in [0.2, 0.25) is 11.8 Å². The lowest BCUT2D eigenvalue weighted by molar-refractivity contribution is -0.127. The molecule has 0 aliphatic rings. The van der Waals surface area contributed by atoms with Crippen LogP contribution >= 0.6 is 0 Å². The van der Waals surface area contributed by atoms with Crippen LogP contribution in [0.15, 0.2) is 12.1 Å². The molecule has 1 aromatic rings. The maximum absolute atomic E-state index is 11.8. The number of anilines is 2. The summed E-state index contributed by atoms with van der Waals surface area (Å²) in [6, 6.07) is 3.54. The number of amides is 1. The second-order valence-corrected chi connectivity index (χ2v) is 4.48. The maximum atomic E-state index is 11.8. The van der Waals surface area contributed by atoms with E-state index in [0.717, 1.165) is 13.0 Å². The largest absolute Gasteiger partial charge is 0.479 e. The van der Waals surface area contributed by atoms with E-state index >= 15 is 0 Å². The van der Waals surface area contributed by atoms with Gasteiger partial charge in [0.1, 0.15) is 5.82 Å². The minimum atomic E-state index is 0.0334. The SMILES string of the molecule is CCCN(CC(=O)N(C)C)c1ccc(N)c(OC)n1. The highest BCUT2D eigenvalue weighted by atomic mass is 16.5. The molecular formula is C13H22N4O2. The molecule has 0 spiro atoms. The van der Waals surface area contributed by atoms with Gasteiger partial charge in [0.15, 0.2) is 0 Å².